The van der Waals surface area contributed by atoms with Crippen LogP contribution in [0.4, 0.5) is 8.78 Å². The maximum atomic E-state index is 14.9. The first-order chi connectivity index (χ1) is 14.0. The lowest BCUT2D eigenvalue weighted by Gasteiger charge is -2.23. The lowest BCUT2D eigenvalue weighted by molar-refractivity contribution is 0.0294. The Hall–Kier alpha value is -2.48. The number of morpholine rings is 1. The van der Waals surface area contributed by atoms with Gasteiger partial charge in [0, 0.05) is 43.1 Å². The number of carbonyl (C=O) groups is 1. The summed E-state index contributed by atoms with van der Waals surface area (Å²) in [5, 5.41) is 6.43. The van der Waals surface area contributed by atoms with Crippen molar-refractivity contribution in [2.45, 2.75) is 19.4 Å². The Morgan fingerprint density at radius 2 is 1.97 bits per heavy atom. The summed E-state index contributed by atoms with van der Waals surface area (Å²) in [4.78, 5) is 11.8. The lowest BCUT2D eigenvalue weighted by Crippen LogP contribution is -2.39. The highest BCUT2D eigenvalue weighted by Gasteiger charge is 2.26. The number of rotatable bonds is 4. The number of amides is 1. The van der Waals surface area contributed by atoms with E-state index >= 15 is 0 Å². The highest BCUT2D eigenvalue weighted by atomic mass is 35.5. The van der Waals surface area contributed by atoms with Gasteiger partial charge < -0.3 is 19.8 Å². The van der Waals surface area contributed by atoms with Crippen LogP contribution in [0.2, 0.25) is 0 Å². The molecule has 0 saturated carbocycles. The van der Waals surface area contributed by atoms with Crippen LogP contribution in [0.15, 0.2) is 34.7 Å². The molecule has 0 bridgehead atoms. The number of nitrogens with one attached hydrogen (secondary N) is 2. The molecule has 1 aliphatic heterocycles. The van der Waals surface area contributed by atoms with E-state index in [1.165, 1.54) is 7.05 Å². The zero-order valence-corrected chi connectivity index (χ0v) is 17.5. The summed E-state index contributed by atoms with van der Waals surface area (Å²) in [6.07, 6.45) is 0.329. The SMILES string of the molecule is CNC(=O)c1cc(F)c(-c2oc3cc(C)ccc3c2CC2CNCCO2)c(F)c1.Cl. The topological polar surface area (TPSA) is 63.5 Å². The molecular formula is C22H23ClF2N2O3. The molecule has 1 saturated heterocycles. The molecule has 1 unspecified atom stereocenters. The van der Waals surface area contributed by atoms with E-state index in [4.69, 9.17) is 9.15 Å². The third kappa shape index (κ3) is 4.19. The quantitative estimate of drug-likeness (QED) is 0.649. The first kappa shape index (κ1) is 22.2. The van der Waals surface area contributed by atoms with E-state index in [-0.39, 0.29) is 35.4 Å². The van der Waals surface area contributed by atoms with Crippen molar-refractivity contribution in [2.24, 2.45) is 0 Å². The van der Waals surface area contributed by atoms with Crippen molar-refractivity contribution in [3.63, 3.8) is 0 Å². The minimum absolute atomic E-state index is 0. The van der Waals surface area contributed by atoms with Crippen molar-refractivity contribution in [3.05, 3.63) is 58.7 Å². The van der Waals surface area contributed by atoms with Crippen LogP contribution in [0, 0.1) is 18.6 Å². The molecule has 0 spiro atoms. The first-order valence-corrected chi connectivity index (χ1v) is 9.53. The second-order valence-electron chi connectivity index (χ2n) is 7.20. The monoisotopic (exact) mass is 436 g/mol. The summed E-state index contributed by atoms with van der Waals surface area (Å²) < 4.78 is 41.6. The van der Waals surface area contributed by atoms with Crippen LogP contribution in [-0.2, 0) is 11.2 Å². The van der Waals surface area contributed by atoms with Gasteiger partial charge in [0.05, 0.1) is 18.3 Å². The third-order valence-electron chi connectivity index (χ3n) is 5.14. The van der Waals surface area contributed by atoms with Gasteiger partial charge in [0.2, 0.25) is 0 Å². The summed E-state index contributed by atoms with van der Waals surface area (Å²) in [7, 11) is 1.41. The second kappa shape index (κ2) is 9.12. The van der Waals surface area contributed by atoms with E-state index in [9.17, 15) is 13.6 Å². The average molecular weight is 437 g/mol. The number of aryl methyl sites for hydroxylation is 1. The van der Waals surface area contributed by atoms with Gasteiger partial charge in [0.15, 0.2) is 0 Å². The molecule has 5 nitrogen and oxygen atoms in total. The Kier molecular flexibility index (Phi) is 6.75. The molecule has 1 aromatic heterocycles. The van der Waals surface area contributed by atoms with E-state index in [0.717, 1.165) is 29.6 Å². The largest absolute Gasteiger partial charge is 0.456 e. The van der Waals surface area contributed by atoms with Crippen molar-refractivity contribution in [2.75, 3.05) is 26.7 Å². The van der Waals surface area contributed by atoms with Gasteiger partial charge in [-0.3, -0.25) is 4.79 Å². The van der Waals surface area contributed by atoms with Gasteiger partial charge in [-0.15, -0.1) is 12.4 Å². The van der Waals surface area contributed by atoms with Crippen molar-refractivity contribution >= 4 is 29.3 Å². The standard InChI is InChI=1S/C22H22F2N2O3.ClH/c1-12-3-4-15-16(10-14-11-26-5-6-28-14)21(29-19(15)7-12)20-17(23)8-13(9-18(20)24)22(27)25-2;/h3-4,7-9,14,26H,5-6,10-11H2,1-2H3,(H,25,27);1H. The molecule has 2 N–H and O–H groups in total. The molecule has 8 heteroatoms. The van der Waals surface area contributed by atoms with E-state index < -0.39 is 17.5 Å². The Balaban J connectivity index is 0.00000256. The molecule has 1 aliphatic rings. The summed E-state index contributed by atoms with van der Waals surface area (Å²) in [5.41, 5.74) is 1.88. The van der Waals surface area contributed by atoms with Crippen molar-refractivity contribution in [1.82, 2.24) is 10.6 Å². The number of carbonyl (C=O) groups excluding carboxylic acids is 1. The van der Waals surface area contributed by atoms with Crippen molar-refractivity contribution in [1.29, 1.82) is 0 Å². The van der Waals surface area contributed by atoms with Crippen LogP contribution in [0.3, 0.4) is 0 Å². The van der Waals surface area contributed by atoms with Crippen molar-refractivity contribution < 1.29 is 22.7 Å². The second-order valence-corrected chi connectivity index (χ2v) is 7.20. The normalized spacial score (nSPS) is 16.3. The minimum Gasteiger partial charge on any atom is -0.456 e. The van der Waals surface area contributed by atoms with Gasteiger partial charge in [-0.05, 0) is 30.7 Å². The van der Waals surface area contributed by atoms with Gasteiger partial charge in [-0.2, -0.15) is 0 Å². The number of benzene rings is 2. The van der Waals surface area contributed by atoms with Crippen LogP contribution in [0.25, 0.3) is 22.3 Å². The van der Waals surface area contributed by atoms with Gasteiger partial charge in [-0.25, -0.2) is 8.78 Å². The van der Waals surface area contributed by atoms with E-state index in [0.29, 0.717) is 30.7 Å². The molecule has 2 aromatic carbocycles. The minimum atomic E-state index is -0.844. The maximum absolute atomic E-state index is 14.9. The Bertz CT molecular complexity index is 1050. The number of ether oxygens (including phenoxy) is 1. The zero-order chi connectivity index (χ0) is 20.5. The van der Waals surface area contributed by atoms with Crippen LogP contribution in [0.1, 0.15) is 21.5 Å². The number of fused-ring (bicyclic) bond motifs is 1. The van der Waals surface area contributed by atoms with Crippen LogP contribution in [0.5, 0.6) is 0 Å². The molecule has 1 amide bonds. The Labute approximate surface area is 179 Å². The molecule has 160 valence electrons. The summed E-state index contributed by atoms with van der Waals surface area (Å²) in [5.74, 6) is -2.11. The first-order valence-electron chi connectivity index (χ1n) is 9.53. The predicted molar refractivity (Wildman–Crippen MR) is 113 cm³/mol. The Morgan fingerprint density at radius 3 is 2.60 bits per heavy atom. The summed E-state index contributed by atoms with van der Waals surface area (Å²) in [6, 6.07) is 7.73. The van der Waals surface area contributed by atoms with Gasteiger partial charge in [0.25, 0.3) is 5.91 Å². The van der Waals surface area contributed by atoms with E-state index in [1.54, 1.807) is 0 Å². The highest BCUT2D eigenvalue weighted by Crippen LogP contribution is 2.38. The summed E-state index contributed by atoms with van der Waals surface area (Å²) in [6.45, 7) is 3.94. The molecule has 4 rings (SSSR count). The number of furan rings is 1. The smallest absolute Gasteiger partial charge is 0.251 e. The van der Waals surface area contributed by atoms with Crippen molar-refractivity contribution in [3.8, 4) is 11.3 Å². The van der Waals surface area contributed by atoms with Gasteiger partial charge >= 0.3 is 0 Å². The van der Waals surface area contributed by atoms with Gasteiger partial charge in [-0.1, -0.05) is 12.1 Å². The molecular weight excluding hydrogens is 414 g/mol. The molecule has 1 atom stereocenters. The average Bonchev–Trinajstić information content (AvgIpc) is 3.04. The fourth-order valence-electron chi connectivity index (χ4n) is 3.71. The lowest BCUT2D eigenvalue weighted by atomic mass is 9.97. The molecule has 0 aliphatic carbocycles. The highest BCUT2D eigenvalue weighted by molar-refractivity contribution is 5.95. The zero-order valence-electron chi connectivity index (χ0n) is 16.7. The maximum Gasteiger partial charge on any atom is 0.251 e. The van der Waals surface area contributed by atoms with Crippen LogP contribution >= 0.6 is 12.4 Å². The Morgan fingerprint density at radius 1 is 1.23 bits per heavy atom. The molecule has 3 aromatic rings. The number of halogens is 3. The van der Waals surface area contributed by atoms with Crippen LogP contribution in [-0.4, -0.2) is 38.8 Å². The number of hydrogen-bond acceptors (Lipinski definition) is 4. The number of hydrogen-bond donors (Lipinski definition) is 2. The molecule has 0 radical (unpaired) electrons. The molecule has 30 heavy (non-hydrogen) atoms. The fourth-order valence-corrected chi connectivity index (χ4v) is 3.71. The van der Waals surface area contributed by atoms with Gasteiger partial charge in [0.1, 0.15) is 23.0 Å². The predicted octanol–water partition coefficient (Wildman–Crippen LogP) is 4.00. The van der Waals surface area contributed by atoms with E-state index in [1.807, 2.05) is 25.1 Å². The third-order valence-corrected chi connectivity index (χ3v) is 5.14. The fraction of sp³-hybridized carbons (Fsp3) is 0.318. The van der Waals surface area contributed by atoms with E-state index in [2.05, 4.69) is 10.6 Å². The molecule has 2 heterocycles. The van der Waals surface area contributed by atoms with Crippen LogP contribution < -0.4 is 10.6 Å². The summed E-state index contributed by atoms with van der Waals surface area (Å²) >= 11 is 0. The molecule has 1 fully saturated rings.